The van der Waals surface area contributed by atoms with Gasteiger partial charge < -0.3 is 5.32 Å². The fourth-order valence-corrected chi connectivity index (χ4v) is 5.15. The van der Waals surface area contributed by atoms with Gasteiger partial charge in [0.15, 0.2) is 0 Å². The highest BCUT2D eigenvalue weighted by molar-refractivity contribution is 7.89. The van der Waals surface area contributed by atoms with E-state index in [0.29, 0.717) is 37.4 Å². The summed E-state index contributed by atoms with van der Waals surface area (Å²) in [6.45, 7) is 2.71. The van der Waals surface area contributed by atoms with Crippen LogP contribution in [-0.2, 0) is 21.2 Å². The van der Waals surface area contributed by atoms with E-state index in [9.17, 15) is 13.2 Å². The molecule has 144 valence electrons. The number of carbonyl (C=O) groups is 1. The molecule has 3 rings (SSSR count). The Balaban J connectivity index is 1.64. The minimum atomic E-state index is -3.68. The number of amides is 1. The molecule has 0 spiro atoms. The first kappa shape index (κ1) is 19.9. The second-order valence-corrected chi connectivity index (χ2v) is 9.08. The van der Waals surface area contributed by atoms with Crippen LogP contribution >= 0.6 is 11.6 Å². The SMILES string of the molecule is Cc1ccc(S(=O)(=O)N2CCCC2C(=O)NCCc2cccc(Cl)c2)cc1. The molecule has 1 aliphatic rings. The topological polar surface area (TPSA) is 66.5 Å². The highest BCUT2D eigenvalue weighted by Crippen LogP contribution is 2.26. The molecule has 1 unspecified atom stereocenters. The molecule has 1 atom stereocenters. The molecule has 1 amide bonds. The van der Waals surface area contributed by atoms with Crippen molar-refractivity contribution in [3.8, 4) is 0 Å². The van der Waals surface area contributed by atoms with Crippen LogP contribution in [0.3, 0.4) is 0 Å². The molecule has 2 aromatic rings. The van der Waals surface area contributed by atoms with Crippen molar-refractivity contribution in [2.24, 2.45) is 0 Å². The van der Waals surface area contributed by atoms with Crippen LogP contribution in [0.15, 0.2) is 53.4 Å². The molecule has 1 N–H and O–H groups in total. The number of sulfonamides is 1. The Morgan fingerprint density at radius 1 is 1.22 bits per heavy atom. The number of aryl methyl sites for hydroxylation is 1. The van der Waals surface area contributed by atoms with Gasteiger partial charge in [0.05, 0.1) is 4.90 Å². The van der Waals surface area contributed by atoms with E-state index in [1.165, 1.54) is 4.31 Å². The number of hydrogen-bond donors (Lipinski definition) is 1. The second-order valence-electron chi connectivity index (χ2n) is 6.76. The molecule has 0 aliphatic carbocycles. The molecule has 1 fully saturated rings. The van der Waals surface area contributed by atoms with Crippen molar-refractivity contribution in [2.75, 3.05) is 13.1 Å². The van der Waals surface area contributed by atoms with E-state index >= 15 is 0 Å². The lowest BCUT2D eigenvalue weighted by Crippen LogP contribution is -2.46. The van der Waals surface area contributed by atoms with Crippen molar-refractivity contribution in [2.45, 2.75) is 37.1 Å². The molecular formula is C20H23ClN2O3S. The van der Waals surface area contributed by atoms with Crippen LogP contribution in [0.4, 0.5) is 0 Å². The Labute approximate surface area is 165 Å². The average molecular weight is 407 g/mol. The fraction of sp³-hybridized carbons (Fsp3) is 0.350. The number of nitrogens with zero attached hydrogens (tertiary/aromatic N) is 1. The summed E-state index contributed by atoms with van der Waals surface area (Å²) in [6, 6.07) is 13.5. The predicted octanol–water partition coefficient (Wildman–Crippen LogP) is 3.16. The Bertz CT molecular complexity index is 913. The van der Waals surface area contributed by atoms with Gasteiger partial charge in [-0.3, -0.25) is 4.79 Å². The molecule has 1 aliphatic heterocycles. The highest BCUT2D eigenvalue weighted by Gasteiger charge is 2.39. The summed E-state index contributed by atoms with van der Waals surface area (Å²) in [5, 5.41) is 3.52. The van der Waals surface area contributed by atoms with Crippen LogP contribution in [-0.4, -0.2) is 37.8 Å². The fourth-order valence-electron chi connectivity index (χ4n) is 3.28. The number of rotatable bonds is 6. The maximum Gasteiger partial charge on any atom is 0.243 e. The average Bonchev–Trinajstić information content (AvgIpc) is 3.13. The van der Waals surface area contributed by atoms with Crippen LogP contribution in [0.2, 0.25) is 5.02 Å². The van der Waals surface area contributed by atoms with Crippen molar-refractivity contribution < 1.29 is 13.2 Å². The first-order valence-corrected chi connectivity index (χ1v) is 10.8. The lowest BCUT2D eigenvalue weighted by molar-refractivity contribution is -0.124. The number of carbonyl (C=O) groups excluding carboxylic acids is 1. The maximum atomic E-state index is 12.9. The van der Waals surface area contributed by atoms with Crippen molar-refractivity contribution in [3.05, 3.63) is 64.7 Å². The van der Waals surface area contributed by atoms with E-state index in [0.717, 1.165) is 11.1 Å². The van der Waals surface area contributed by atoms with Crippen molar-refractivity contribution in [1.82, 2.24) is 9.62 Å². The zero-order valence-electron chi connectivity index (χ0n) is 15.2. The molecule has 0 aromatic heterocycles. The number of hydrogen-bond acceptors (Lipinski definition) is 3. The molecule has 0 bridgehead atoms. The van der Waals surface area contributed by atoms with Gasteiger partial charge >= 0.3 is 0 Å². The first-order valence-electron chi connectivity index (χ1n) is 8.98. The third-order valence-electron chi connectivity index (χ3n) is 4.74. The summed E-state index contributed by atoms with van der Waals surface area (Å²) in [4.78, 5) is 12.8. The van der Waals surface area contributed by atoms with Gasteiger partial charge in [-0.15, -0.1) is 0 Å². The molecule has 1 saturated heterocycles. The molecule has 0 radical (unpaired) electrons. The van der Waals surface area contributed by atoms with Gasteiger partial charge in [-0.05, 0) is 56.0 Å². The summed E-state index contributed by atoms with van der Waals surface area (Å²) in [5.74, 6) is -0.245. The second kappa shape index (κ2) is 8.42. The normalized spacial score (nSPS) is 17.8. The minimum absolute atomic E-state index is 0.228. The van der Waals surface area contributed by atoms with Gasteiger partial charge in [0, 0.05) is 18.1 Å². The van der Waals surface area contributed by atoms with Crippen LogP contribution in [0, 0.1) is 6.92 Å². The molecule has 2 aromatic carbocycles. The third-order valence-corrected chi connectivity index (χ3v) is 6.89. The van der Waals surface area contributed by atoms with E-state index in [2.05, 4.69) is 5.32 Å². The Morgan fingerprint density at radius 3 is 2.67 bits per heavy atom. The van der Waals surface area contributed by atoms with E-state index < -0.39 is 16.1 Å². The van der Waals surface area contributed by atoms with E-state index in [1.807, 2.05) is 25.1 Å². The van der Waals surface area contributed by atoms with E-state index in [-0.39, 0.29) is 10.8 Å². The van der Waals surface area contributed by atoms with Crippen LogP contribution in [0.1, 0.15) is 24.0 Å². The summed E-state index contributed by atoms with van der Waals surface area (Å²) < 4.78 is 27.2. The number of nitrogens with one attached hydrogen (secondary N) is 1. The number of benzene rings is 2. The molecule has 0 saturated carbocycles. The van der Waals surface area contributed by atoms with Crippen molar-refractivity contribution in [3.63, 3.8) is 0 Å². The lowest BCUT2D eigenvalue weighted by atomic mass is 10.1. The zero-order chi connectivity index (χ0) is 19.4. The van der Waals surface area contributed by atoms with Crippen molar-refractivity contribution >= 4 is 27.5 Å². The zero-order valence-corrected chi connectivity index (χ0v) is 16.8. The van der Waals surface area contributed by atoms with Gasteiger partial charge in [0.25, 0.3) is 0 Å². The lowest BCUT2D eigenvalue weighted by Gasteiger charge is -2.23. The van der Waals surface area contributed by atoms with Crippen LogP contribution in [0.25, 0.3) is 0 Å². The summed E-state index contributed by atoms with van der Waals surface area (Å²) >= 11 is 5.97. The van der Waals surface area contributed by atoms with Gasteiger partial charge in [-0.1, -0.05) is 41.4 Å². The van der Waals surface area contributed by atoms with Crippen LogP contribution in [0.5, 0.6) is 0 Å². The Morgan fingerprint density at radius 2 is 1.96 bits per heavy atom. The first-order chi connectivity index (χ1) is 12.9. The molecule has 7 heteroatoms. The van der Waals surface area contributed by atoms with E-state index in [1.54, 1.807) is 30.3 Å². The summed E-state index contributed by atoms with van der Waals surface area (Å²) in [6.07, 6.45) is 1.86. The van der Waals surface area contributed by atoms with Crippen LogP contribution < -0.4 is 5.32 Å². The standard InChI is InChI=1S/C20H23ClN2O3S/c1-15-7-9-18(10-8-15)27(25,26)23-13-3-6-19(23)20(24)22-12-11-16-4-2-5-17(21)14-16/h2,4-5,7-10,14,19H,3,6,11-13H2,1H3,(H,22,24). The Hall–Kier alpha value is -1.89. The third kappa shape index (κ3) is 4.69. The molecular weight excluding hydrogens is 384 g/mol. The predicted molar refractivity (Wildman–Crippen MR) is 106 cm³/mol. The van der Waals surface area contributed by atoms with E-state index in [4.69, 9.17) is 11.6 Å². The smallest absolute Gasteiger partial charge is 0.243 e. The minimum Gasteiger partial charge on any atom is -0.354 e. The summed E-state index contributed by atoms with van der Waals surface area (Å²) in [7, 11) is -3.68. The maximum absolute atomic E-state index is 12.9. The quantitative estimate of drug-likeness (QED) is 0.801. The van der Waals surface area contributed by atoms with Gasteiger partial charge in [-0.2, -0.15) is 4.31 Å². The molecule has 1 heterocycles. The highest BCUT2D eigenvalue weighted by atomic mass is 35.5. The van der Waals surface area contributed by atoms with Crippen molar-refractivity contribution in [1.29, 1.82) is 0 Å². The molecule has 5 nitrogen and oxygen atoms in total. The van der Waals surface area contributed by atoms with Gasteiger partial charge in [0.1, 0.15) is 6.04 Å². The largest absolute Gasteiger partial charge is 0.354 e. The number of halogens is 1. The van der Waals surface area contributed by atoms with Gasteiger partial charge in [0.2, 0.25) is 15.9 Å². The Kier molecular flexibility index (Phi) is 6.19. The van der Waals surface area contributed by atoms with Gasteiger partial charge in [-0.25, -0.2) is 8.42 Å². The monoisotopic (exact) mass is 406 g/mol. The summed E-state index contributed by atoms with van der Waals surface area (Å²) in [5.41, 5.74) is 2.02. The molecule has 27 heavy (non-hydrogen) atoms.